The lowest BCUT2D eigenvalue weighted by Crippen LogP contribution is -1.85. The second kappa shape index (κ2) is 21.1. The van der Waals surface area contributed by atoms with Gasteiger partial charge in [0.25, 0.3) is 0 Å². The number of rotatable bonds is 0. The maximum atomic E-state index is 8.24. The van der Waals surface area contributed by atoms with Crippen LogP contribution in [0, 0.1) is 0 Å². The monoisotopic (exact) mass is 252 g/mol. The van der Waals surface area contributed by atoms with Crippen molar-refractivity contribution in [2.75, 3.05) is 0 Å². The van der Waals surface area contributed by atoms with Gasteiger partial charge in [-0.15, -0.1) is 0 Å². The first-order valence-electron chi connectivity index (χ1n) is 6.86. The quantitative estimate of drug-likeness (QED) is 0.471. The maximum Gasteiger partial charge on any atom is -0.0159 e. The van der Waals surface area contributed by atoms with Crippen LogP contribution >= 0.6 is 0 Å². The first-order valence-corrected chi connectivity index (χ1v) is 6.86. The summed E-state index contributed by atoms with van der Waals surface area (Å²) in [5, 5.41) is 13.5. The van der Waals surface area contributed by atoms with Gasteiger partial charge in [-0.25, -0.2) is 0 Å². The van der Waals surface area contributed by atoms with E-state index < -0.39 is 0 Å². The molecule has 18 heavy (non-hydrogen) atoms. The lowest BCUT2D eigenvalue weighted by Gasteiger charge is -2.05. The van der Waals surface area contributed by atoms with Gasteiger partial charge in [-0.2, -0.15) is 0 Å². The molecule has 2 aliphatic rings. The van der Waals surface area contributed by atoms with E-state index in [-0.39, 0.29) is 0 Å². The SMILES string of the molecule is C1CCCCC1.C1CCCCC1.[N-]=C=O.[N-]=C=O. The normalized spacial score (nSPS) is 16.9. The summed E-state index contributed by atoms with van der Waals surface area (Å²) < 4.78 is 0. The second-order valence-electron chi connectivity index (χ2n) is 4.43. The predicted octanol–water partition coefficient (Wildman–Crippen LogP) is 4.46. The van der Waals surface area contributed by atoms with E-state index >= 15 is 0 Å². The minimum Gasteiger partial charge on any atom is -0.724 e. The Labute approximate surface area is 110 Å². The Morgan fingerprint density at radius 2 is 0.500 bits per heavy atom. The number of carbonyl (C=O) groups excluding carboxylic acids is 2. The summed E-state index contributed by atoms with van der Waals surface area (Å²) in [6.07, 6.45) is 19.0. The smallest absolute Gasteiger partial charge is 0.0159 e. The molecule has 4 heteroatoms. The second-order valence-corrected chi connectivity index (χ2v) is 4.43. The van der Waals surface area contributed by atoms with Crippen LogP contribution in [0.4, 0.5) is 0 Å². The Balaban J connectivity index is 0. The summed E-state index contributed by atoms with van der Waals surface area (Å²) in [5.41, 5.74) is 0. The van der Waals surface area contributed by atoms with Crippen molar-refractivity contribution >= 4 is 12.2 Å². The van der Waals surface area contributed by atoms with Crippen LogP contribution in [-0.2, 0) is 9.59 Å². The molecule has 0 N–H and O–H groups in total. The molecule has 4 nitrogen and oxygen atoms in total. The summed E-state index contributed by atoms with van der Waals surface area (Å²) in [6, 6.07) is 0. The Bertz CT molecular complexity index is 163. The standard InChI is InChI=1S/2C6H12.2CNO/c2*1-2-4-6-5-3-1;2*2-1-3/h2*1-6H2;;/q;;2*-1. The number of isocyanates is 2. The Morgan fingerprint density at radius 3 is 0.556 bits per heavy atom. The number of hydrogen-bond donors (Lipinski definition) is 0. The van der Waals surface area contributed by atoms with E-state index in [9.17, 15) is 0 Å². The van der Waals surface area contributed by atoms with Gasteiger partial charge in [0.15, 0.2) is 0 Å². The van der Waals surface area contributed by atoms with E-state index in [1.54, 1.807) is 0 Å². The first-order chi connectivity index (χ1) is 8.83. The molecule has 2 aliphatic carbocycles. The van der Waals surface area contributed by atoms with Gasteiger partial charge in [0.2, 0.25) is 0 Å². The largest absolute Gasteiger partial charge is 0.724 e. The van der Waals surface area contributed by atoms with Crippen LogP contribution < -0.4 is 0 Å². The molecule has 0 bridgehead atoms. The molecule has 0 radical (unpaired) electrons. The highest BCUT2D eigenvalue weighted by Crippen LogP contribution is 2.15. The fourth-order valence-electron chi connectivity index (χ4n) is 2.12. The van der Waals surface area contributed by atoms with Gasteiger partial charge in [0.05, 0.1) is 0 Å². The van der Waals surface area contributed by atoms with Gasteiger partial charge < -0.3 is 10.8 Å². The molecule has 0 unspecified atom stereocenters. The van der Waals surface area contributed by atoms with Crippen molar-refractivity contribution in [2.45, 2.75) is 77.0 Å². The molecule has 0 aliphatic heterocycles. The highest BCUT2D eigenvalue weighted by molar-refractivity contribution is 5.37. The van der Waals surface area contributed by atoms with Gasteiger partial charge in [-0.05, 0) is 12.2 Å². The first kappa shape index (κ1) is 19.1. The molecule has 0 aromatic rings. The summed E-state index contributed by atoms with van der Waals surface area (Å²) >= 11 is 0. The summed E-state index contributed by atoms with van der Waals surface area (Å²) in [7, 11) is 0. The summed E-state index contributed by atoms with van der Waals surface area (Å²) in [5.74, 6) is 0. The highest BCUT2D eigenvalue weighted by Gasteiger charge is 1.96. The van der Waals surface area contributed by atoms with Gasteiger partial charge >= 0.3 is 0 Å². The van der Waals surface area contributed by atoms with Crippen molar-refractivity contribution in [3.8, 4) is 0 Å². The molecule has 104 valence electrons. The van der Waals surface area contributed by atoms with E-state index in [0.29, 0.717) is 12.2 Å². The third-order valence-corrected chi connectivity index (χ3v) is 3.00. The molecule has 0 aromatic carbocycles. The molecular weight excluding hydrogens is 228 g/mol. The zero-order valence-electron chi connectivity index (χ0n) is 11.2. The van der Waals surface area contributed by atoms with Crippen molar-refractivity contribution in [1.82, 2.24) is 0 Å². The third kappa shape index (κ3) is 24.1. The summed E-state index contributed by atoms with van der Waals surface area (Å²) in [4.78, 5) is 16.5. The molecule has 2 fully saturated rings. The molecule has 2 rings (SSSR count). The lowest BCUT2D eigenvalue weighted by molar-refractivity contribution is 0.504. The van der Waals surface area contributed by atoms with Crippen molar-refractivity contribution in [3.05, 3.63) is 10.8 Å². The highest BCUT2D eigenvalue weighted by atomic mass is 16.1. The van der Waals surface area contributed by atoms with Crippen LogP contribution in [0.1, 0.15) is 77.0 Å². The van der Waals surface area contributed by atoms with Crippen LogP contribution in [0.3, 0.4) is 0 Å². The van der Waals surface area contributed by atoms with E-state index in [1.807, 2.05) is 0 Å². The van der Waals surface area contributed by atoms with Crippen LogP contribution in [0.15, 0.2) is 0 Å². The van der Waals surface area contributed by atoms with E-state index in [0.717, 1.165) is 0 Å². The van der Waals surface area contributed by atoms with Crippen LogP contribution in [0.2, 0.25) is 0 Å². The Kier molecular flexibility index (Phi) is 22.4. The average molecular weight is 252 g/mol. The molecule has 0 heterocycles. The van der Waals surface area contributed by atoms with E-state index in [1.165, 1.54) is 77.0 Å². The molecular formula is C14H24N2O2-2. The van der Waals surface area contributed by atoms with Crippen molar-refractivity contribution in [2.24, 2.45) is 0 Å². The van der Waals surface area contributed by atoms with E-state index in [2.05, 4.69) is 0 Å². The van der Waals surface area contributed by atoms with Gasteiger partial charge in [-0.3, -0.25) is 9.59 Å². The van der Waals surface area contributed by atoms with Crippen LogP contribution in [0.25, 0.3) is 10.8 Å². The minimum absolute atomic E-state index is 0.500. The van der Waals surface area contributed by atoms with Gasteiger partial charge in [0.1, 0.15) is 0 Å². The number of nitrogens with zero attached hydrogens (tertiary/aromatic N) is 2. The molecule has 0 atom stereocenters. The van der Waals surface area contributed by atoms with Crippen molar-refractivity contribution in [1.29, 1.82) is 0 Å². The zero-order valence-corrected chi connectivity index (χ0v) is 11.2. The Hall–Kier alpha value is -1.24. The zero-order chi connectivity index (χ0) is 13.9. The minimum atomic E-state index is 0.500. The fraction of sp³-hybridized carbons (Fsp3) is 0.857. The van der Waals surface area contributed by atoms with Gasteiger partial charge in [-0.1, -0.05) is 77.0 Å². The van der Waals surface area contributed by atoms with Gasteiger partial charge in [0, 0.05) is 0 Å². The molecule has 0 spiro atoms. The molecule has 0 saturated heterocycles. The number of hydrogen-bond acceptors (Lipinski definition) is 2. The average Bonchev–Trinajstić information content (AvgIpc) is 2.45. The van der Waals surface area contributed by atoms with E-state index in [4.69, 9.17) is 20.4 Å². The lowest BCUT2D eigenvalue weighted by atomic mass is 10.0. The summed E-state index contributed by atoms with van der Waals surface area (Å²) in [6.45, 7) is 0. The Morgan fingerprint density at radius 1 is 0.444 bits per heavy atom. The molecule has 2 saturated carbocycles. The maximum absolute atomic E-state index is 8.24. The van der Waals surface area contributed by atoms with Crippen molar-refractivity contribution < 1.29 is 9.59 Å². The predicted molar refractivity (Wildman–Crippen MR) is 73.5 cm³/mol. The topological polar surface area (TPSA) is 78.7 Å². The van der Waals surface area contributed by atoms with Crippen LogP contribution in [-0.4, -0.2) is 12.2 Å². The third-order valence-electron chi connectivity index (χ3n) is 3.00. The van der Waals surface area contributed by atoms with Crippen LogP contribution in [0.5, 0.6) is 0 Å². The molecule has 0 aromatic heterocycles. The van der Waals surface area contributed by atoms with Crippen molar-refractivity contribution in [3.63, 3.8) is 0 Å². The fourth-order valence-corrected chi connectivity index (χ4v) is 2.12. The molecule has 0 amide bonds.